The first-order chi connectivity index (χ1) is 22.8. The minimum absolute atomic E-state index is 0.0544. The van der Waals surface area contributed by atoms with Crippen molar-refractivity contribution in [3.8, 4) is 5.75 Å². The Hall–Kier alpha value is -5.58. The summed E-state index contributed by atoms with van der Waals surface area (Å²) < 4.78 is 4.65. The van der Waals surface area contributed by atoms with Crippen LogP contribution in [-0.4, -0.2) is 93.7 Å². The van der Waals surface area contributed by atoms with Gasteiger partial charge in [-0.25, -0.2) is 0 Å². The number of esters is 1. The Morgan fingerprint density at radius 2 is 1.79 bits per heavy atom. The van der Waals surface area contributed by atoms with Crippen molar-refractivity contribution in [1.29, 1.82) is 5.41 Å². The molecule has 0 bridgehead atoms. The van der Waals surface area contributed by atoms with Crippen LogP contribution in [0.5, 0.6) is 5.75 Å². The number of phenols is 1. The summed E-state index contributed by atoms with van der Waals surface area (Å²) in [6.45, 7) is 0.487. The van der Waals surface area contributed by atoms with Crippen LogP contribution in [0.25, 0.3) is 0 Å². The molecule has 0 radical (unpaired) electrons. The van der Waals surface area contributed by atoms with Crippen LogP contribution in [0.3, 0.4) is 0 Å². The molecule has 2 aromatic carbocycles. The Morgan fingerprint density at radius 3 is 2.40 bits per heavy atom. The van der Waals surface area contributed by atoms with Gasteiger partial charge in [-0.1, -0.05) is 12.1 Å². The molecule has 0 aliphatic carbocycles. The summed E-state index contributed by atoms with van der Waals surface area (Å²) in [5.74, 6) is -4.05. The molecule has 17 nitrogen and oxygen atoms in total. The molecule has 1 aliphatic rings. The molecule has 0 unspecified atom stereocenters. The number of hydrogen-bond acceptors (Lipinski definition) is 11. The maximum absolute atomic E-state index is 14.3. The summed E-state index contributed by atoms with van der Waals surface area (Å²) in [6.07, 6.45) is 0.148. The number of non-ortho nitro benzene ring substituents is 1. The minimum Gasteiger partial charge on any atom is -0.508 e. The number of likely N-dealkylation sites (tertiary alicyclic amines) is 1. The van der Waals surface area contributed by atoms with Crippen LogP contribution in [0.1, 0.15) is 44.1 Å². The Kier molecular flexibility index (Phi) is 13.3. The summed E-state index contributed by atoms with van der Waals surface area (Å²) in [5.41, 5.74) is 11.9. The van der Waals surface area contributed by atoms with Gasteiger partial charge >= 0.3 is 5.97 Å². The molecule has 3 rings (SSSR count). The number of nitro benzene ring substituents is 1. The highest BCUT2D eigenvalue weighted by Crippen LogP contribution is 2.25. The van der Waals surface area contributed by atoms with Crippen LogP contribution in [0.4, 0.5) is 11.4 Å². The van der Waals surface area contributed by atoms with Crippen LogP contribution < -0.4 is 22.1 Å². The normalized spacial score (nSPS) is 15.1. The van der Waals surface area contributed by atoms with E-state index in [1.54, 1.807) is 0 Å². The van der Waals surface area contributed by atoms with Gasteiger partial charge in [0, 0.05) is 43.8 Å². The number of hydrogen-bond donors (Lipinski definition) is 6. The van der Waals surface area contributed by atoms with Crippen molar-refractivity contribution in [1.82, 2.24) is 15.1 Å². The molecule has 0 aromatic heterocycles. The summed E-state index contributed by atoms with van der Waals surface area (Å²) in [6, 6.07) is 7.06. The fourth-order valence-corrected chi connectivity index (χ4v) is 5.26. The number of aromatic hydroxyl groups is 1. The van der Waals surface area contributed by atoms with Gasteiger partial charge in [-0.3, -0.25) is 44.4 Å². The number of carbonyl (C=O) groups is 5. The van der Waals surface area contributed by atoms with Crippen molar-refractivity contribution in [2.45, 2.75) is 63.1 Å². The molecule has 2 aromatic rings. The lowest BCUT2D eigenvalue weighted by Gasteiger charge is -2.34. The molecule has 48 heavy (non-hydrogen) atoms. The smallest absolute Gasteiger partial charge is 0.306 e. The van der Waals surface area contributed by atoms with Crippen LogP contribution in [-0.2, 0) is 35.1 Å². The number of nitrogens with zero attached hydrogens (tertiary/aromatic N) is 3. The van der Waals surface area contributed by atoms with E-state index in [1.165, 1.54) is 53.4 Å². The summed E-state index contributed by atoms with van der Waals surface area (Å²) in [7, 11) is 1.14. The van der Waals surface area contributed by atoms with E-state index in [2.05, 4.69) is 15.4 Å². The average Bonchev–Trinajstić information content (AvgIpc) is 3.56. The maximum Gasteiger partial charge on any atom is 0.306 e. The minimum atomic E-state index is -1.51. The third kappa shape index (κ3) is 10.2. The number of carbonyl (C=O) groups excluding carboxylic acids is 5. The van der Waals surface area contributed by atoms with Gasteiger partial charge in [0.15, 0.2) is 5.96 Å². The largest absolute Gasteiger partial charge is 0.508 e. The van der Waals surface area contributed by atoms with Gasteiger partial charge in [-0.2, -0.15) is 0 Å². The van der Waals surface area contributed by atoms with Crippen molar-refractivity contribution >= 4 is 46.9 Å². The molecule has 1 fully saturated rings. The van der Waals surface area contributed by atoms with Crippen molar-refractivity contribution in [3.05, 3.63) is 64.2 Å². The van der Waals surface area contributed by atoms with Crippen LogP contribution >= 0.6 is 0 Å². The molecule has 1 heterocycles. The van der Waals surface area contributed by atoms with Gasteiger partial charge in [0.2, 0.25) is 17.7 Å². The molecule has 0 spiro atoms. The second kappa shape index (κ2) is 17.4. The number of nitrogens with two attached hydrogens (primary N) is 2. The number of methoxy groups -OCH3 is 1. The summed E-state index contributed by atoms with van der Waals surface area (Å²) in [5, 5.41) is 33.4. The Morgan fingerprint density at radius 1 is 1.12 bits per heavy atom. The third-order valence-corrected chi connectivity index (χ3v) is 7.75. The second-order valence-electron chi connectivity index (χ2n) is 11.1. The van der Waals surface area contributed by atoms with Crippen LogP contribution in [0.15, 0.2) is 48.5 Å². The number of amides is 4. The second-order valence-corrected chi connectivity index (χ2v) is 11.1. The van der Waals surface area contributed by atoms with E-state index >= 15 is 0 Å². The first-order valence-electron chi connectivity index (χ1n) is 15.2. The molecule has 1 saturated heterocycles. The first-order valence-corrected chi connectivity index (χ1v) is 15.2. The predicted octanol–water partition coefficient (Wildman–Crippen LogP) is 0.740. The van der Waals surface area contributed by atoms with Gasteiger partial charge in [0.05, 0.1) is 24.5 Å². The Bertz CT molecular complexity index is 1500. The zero-order chi connectivity index (χ0) is 35.4. The predicted molar refractivity (Wildman–Crippen MR) is 172 cm³/mol. The lowest BCUT2D eigenvalue weighted by Crippen LogP contribution is -2.58. The topological polar surface area (TPSA) is 264 Å². The van der Waals surface area contributed by atoms with Crippen LogP contribution in [0, 0.1) is 15.5 Å². The number of benzene rings is 2. The van der Waals surface area contributed by atoms with Gasteiger partial charge in [0.25, 0.3) is 11.6 Å². The highest BCUT2D eigenvalue weighted by atomic mass is 16.6. The highest BCUT2D eigenvalue weighted by Gasteiger charge is 2.43. The first kappa shape index (κ1) is 36.9. The average molecular weight is 669 g/mol. The quantitative estimate of drug-likeness (QED) is 0.0383. The SMILES string of the molecule is COC(=O)CCC(=O)N(C(=O)[C@@H]1CCCN1C(=O)[C@@H](N)CCCNC(=N)N)[C@@H](Cc1ccc(O)cc1)C(=O)Nc1ccc([N+](=O)[O-])cc1. The number of phenolic OH excluding ortho intramolecular Hbond substituents is 1. The van der Waals surface area contributed by atoms with E-state index in [0.29, 0.717) is 24.9 Å². The molecule has 3 atom stereocenters. The Labute approximate surface area is 276 Å². The standard InChI is InChI=1S/C31H40N8O9/c1-48-27(42)15-14-26(41)38(30(45)24-5-3-17-37(24)29(44)23(32)4-2-16-35-31(33)34)25(18-19-6-12-22(40)13-7-19)28(43)36-20-8-10-21(11-9-20)39(46)47/h6-13,23-25,40H,2-5,14-18,32H2,1H3,(H,36,43)(H4,33,34,35)/t23-,24-,25-/m0/s1. The number of guanidine groups is 1. The zero-order valence-electron chi connectivity index (χ0n) is 26.4. The lowest BCUT2D eigenvalue weighted by atomic mass is 10.0. The molecule has 258 valence electrons. The molecule has 4 amide bonds. The molecule has 1 aliphatic heterocycles. The van der Waals surface area contributed by atoms with Crippen LogP contribution in [0.2, 0.25) is 0 Å². The zero-order valence-corrected chi connectivity index (χ0v) is 26.4. The van der Waals surface area contributed by atoms with E-state index in [0.717, 1.165) is 12.0 Å². The number of nitro groups is 1. The van der Waals surface area contributed by atoms with E-state index in [1.807, 2.05) is 0 Å². The monoisotopic (exact) mass is 668 g/mol. The summed E-state index contributed by atoms with van der Waals surface area (Å²) in [4.78, 5) is 80.0. The number of anilines is 1. The van der Waals surface area contributed by atoms with E-state index < -0.39 is 59.1 Å². The van der Waals surface area contributed by atoms with Gasteiger partial charge < -0.3 is 36.8 Å². The van der Waals surface area contributed by atoms with Gasteiger partial charge in [0.1, 0.15) is 17.8 Å². The van der Waals surface area contributed by atoms with Gasteiger partial charge in [-0.05, 0) is 55.5 Å². The highest BCUT2D eigenvalue weighted by molar-refractivity contribution is 6.06. The fraction of sp³-hybridized carbons (Fsp3) is 0.419. The number of nitrogens with one attached hydrogen (secondary N) is 3. The number of imide groups is 1. The molecular formula is C31H40N8O9. The molecule has 0 saturated carbocycles. The summed E-state index contributed by atoms with van der Waals surface area (Å²) >= 11 is 0. The van der Waals surface area contributed by atoms with E-state index in [-0.39, 0.29) is 55.3 Å². The van der Waals surface area contributed by atoms with Crippen molar-refractivity contribution in [2.24, 2.45) is 11.5 Å². The number of rotatable bonds is 15. The Balaban J connectivity index is 1.97. The van der Waals surface area contributed by atoms with Gasteiger partial charge in [-0.15, -0.1) is 0 Å². The third-order valence-electron chi connectivity index (χ3n) is 7.75. The van der Waals surface area contributed by atoms with E-state index in [9.17, 15) is 39.2 Å². The molecule has 8 N–H and O–H groups in total. The number of ether oxygens (including phenoxy) is 1. The maximum atomic E-state index is 14.3. The van der Waals surface area contributed by atoms with Crippen molar-refractivity contribution < 1.29 is 38.7 Å². The van der Waals surface area contributed by atoms with E-state index in [4.69, 9.17) is 16.9 Å². The van der Waals surface area contributed by atoms with Crippen molar-refractivity contribution in [3.63, 3.8) is 0 Å². The molecular weight excluding hydrogens is 628 g/mol. The van der Waals surface area contributed by atoms with Crippen molar-refractivity contribution in [2.75, 3.05) is 25.5 Å². The fourth-order valence-electron chi connectivity index (χ4n) is 5.26. The molecule has 17 heteroatoms. The lowest BCUT2D eigenvalue weighted by molar-refractivity contribution is -0.384.